The number of halogens is 1. The van der Waals surface area contributed by atoms with Crippen LogP contribution in [0.15, 0.2) is 101 Å². The van der Waals surface area contributed by atoms with Crippen molar-refractivity contribution in [3.63, 3.8) is 0 Å². The summed E-state index contributed by atoms with van der Waals surface area (Å²) in [5.41, 5.74) is 3.67. The Morgan fingerprint density at radius 2 is 1.46 bits per heavy atom. The number of anilines is 2. The van der Waals surface area contributed by atoms with E-state index < -0.39 is 5.91 Å². The molecule has 1 N–H and O–H groups in total. The molecule has 0 spiro atoms. The molecule has 10 nitrogen and oxygen atoms in total. The van der Waals surface area contributed by atoms with Gasteiger partial charge >= 0.3 is 5.91 Å². The number of morpholine rings is 1. The maximum absolute atomic E-state index is 12.9. The van der Waals surface area contributed by atoms with Gasteiger partial charge in [0, 0.05) is 52.9 Å². The molecular weight excluding hydrogens is 544 g/mol. The topological polar surface area (TPSA) is 127 Å². The summed E-state index contributed by atoms with van der Waals surface area (Å²) in [7, 11) is 0. The molecule has 0 unspecified atom stereocenters. The number of aromatic nitrogens is 1. The second-order valence-corrected chi connectivity index (χ2v) is 9.40. The summed E-state index contributed by atoms with van der Waals surface area (Å²) in [4.78, 5) is 47.4. The molecule has 0 atom stereocenters. The molecule has 1 saturated heterocycles. The smallest absolute Gasteiger partial charge is 0.360 e. The van der Waals surface area contributed by atoms with E-state index in [-0.39, 0.29) is 16.8 Å². The molecule has 0 aliphatic carbocycles. The third kappa shape index (κ3) is 7.14. The Hall–Kier alpha value is -5.02. The monoisotopic (exact) mass is 567 g/mol. The Morgan fingerprint density at radius 3 is 2.12 bits per heavy atom. The normalized spacial score (nSPS) is 12.7. The zero-order valence-electron chi connectivity index (χ0n) is 21.7. The molecule has 2 heterocycles. The van der Waals surface area contributed by atoms with Crippen LogP contribution in [0.25, 0.3) is 0 Å². The minimum atomic E-state index is -0.502. The van der Waals surface area contributed by atoms with Gasteiger partial charge in [-0.25, -0.2) is 4.98 Å². The molecule has 11 heteroatoms. The molecule has 1 aliphatic rings. The van der Waals surface area contributed by atoms with Crippen LogP contribution in [0.4, 0.5) is 17.1 Å². The second kappa shape index (κ2) is 12.9. The minimum absolute atomic E-state index is 0.201. The highest BCUT2D eigenvalue weighted by atomic mass is 35.5. The summed E-state index contributed by atoms with van der Waals surface area (Å²) in [6.45, 7) is 2.99. The van der Waals surface area contributed by atoms with Crippen LogP contribution >= 0.6 is 11.6 Å². The molecule has 204 valence electrons. The van der Waals surface area contributed by atoms with Crippen molar-refractivity contribution < 1.29 is 19.1 Å². The number of nitrogens with one attached hydrogen (secondary N) is 1. The highest BCUT2D eigenvalue weighted by Crippen LogP contribution is 2.19. The van der Waals surface area contributed by atoms with Gasteiger partial charge in [-0.2, -0.15) is 0 Å². The van der Waals surface area contributed by atoms with Crippen molar-refractivity contribution in [2.24, 2.45) is 10.2 Å². The number of carbonyl (C=O) groups is 3. The SMILES string of the molecule is O=C(N=[N+]=Nc1ccc(C(=O)c2ccc(NC(=O)c3ccnc(Cl)c3)cc2)cc1)c1ccc(N2CCOCC2)cc1. The van der Waals surface area contributed by atoms with E-state index in [9.17, 15) is 14.4 Å². The van der Waals surface area contributed by atoms with Crippen molar-refractivity contribution in [1.29, 1.82) is 0 Å². The van der Waals surface area contributed by atoms with E-state index in [0.717, 1.165) is 18.8 Å². The first-order valence-corrected chi connectivity index (χ1v) is 13.1. The highest BCUT2D eigenvalue weighted by Gasteiger charge is 2.15. The van der Waals surface area contributed by atoms with Gasteiger partial charge in [0.05, 0.1) is 13.2 Å². The predicted octanol–water partition coefficient (Wildman–Crippen LogP) is 5.50. The van der Waals surface area contributed by atoms with Gasteiger partial charge < -0.3 is 15.0 Å². The van der Waals surface area contributed by atoms with Crippen LogP contribution in [0.1, 0.15) is 36.6 Å². The Balaban J connectivity index is 1.17. The number of nitrogens with zero attached hydrogens (tertiary/aromatic N) is 5. The van der Waals surface area contributed by atoms with Crippen LogP contribution in [0, 0.1) is 0 Å². The van der Waals surface area contributed by atoms with Crippen LogP contribution in [0.3, 0.4) is 0 Å². The fourth-order valence-corrected chi connectivity index (χ4v) is 4.28. The lowest BCUT2D eigenvalue weighted by atomic mass is 10.0. The number of carbonyl (C=O) groups excluding carboxylic acids is 3. The first-order valence-electron chi connectivity index (χ1n) is 12.7. The van der Waals surface area contributed by atoms with Gasteiger partial charge in [0.25, 0.3) is 5.91 Å². The molecule has 2 amide bonds. The predicted molar refractivity (Wildman–Crippen MR) is 154 cm³/mol. The summed E-state index contributed by atoms with van der Waals surface area (Å²) < 4.78 is 5.37. The quantitative estimate of drug-likeness (QED) is 0.136. The summed E-state index contributed by atoms with van der Waals surface area (Å²) in [6, 6.07) is 23.2. The molecule has 0 radical (unpaired) electrons. The van der Waals surface area contributed by atoms with E-state index in [1.807, 2.05) is 12.1 Å². The maximum atomic E-state index is 12.9. The van der Waals surface area contributed by atoms with Crippen LogP contribution in [0.5, 0.6) is 0 Å². The van der Waals surface area contributed by atoms with Crippen LogP contribution in [-0.2, 0) is 4.74 Å². The van der Waals surface area contributed by atoms with E-state index in [4.69, 9.17) is 16.3 Å². The average molecular weight is 568 g/mol. The first kappa shape index (κ1) is 27.5. The lowest BCUT2D eigenvalue weighted by Crippen LogP contribution is -2.36. The van der Waals surface area contributed by atoms with Gasteiger partial charge in [-0.05, 0) is 84.9 Å². The zero-order valence-corrected chi connectivity index (χ0v) is 22.5. The number of rotatable bonds is 7. The second-order valence-electron chi connectivity index (χ2n) is 9.02. The van der Waals surface area contributed by atoms with Crippen molar-refractivity contribution in [2.45, 2.75) is 0 Å². The van der Waals surface area contributed by atoms with Crippen molar-refractivity contribution in [1.82, 2.24) is 9.90 Å². The van der Waals surface area contributed by atoms with Gasteiger partial charge in [-0.1, -0.05) is 11.6 Å². The molecule has 3 aromatic carbocycles. The number of hydrogen-bond donors (Lipinski definition) is 1. The van der Waals surface area contributed by atoms with E-state index in [1.165, 1.54) is 12.3 Å². The molecule has 1 fully saturated rings. The van der Waals surface area contributed by atoms with Gasteiger partial charge in [0.2, 0.25) is 10.0 Å². The van der Waals surface area contributed by atoms with Crippen LogP contribution in [-0.4, -0.2) is 48.9 Å². The Labute approximate surface area is 240 Å². The molecule has 1 aliphatic heterocycles. The van der Waals surface area contributed by atoms with Gasteiger partial charge in [-0.15, -0.1) is 0 Å². The summed E-state index contributed by atoms with van der Waals surface area (Å²) in [6.07, 6.45) is 1.45. The summed E-state index contributed by atoms with van der Waals surface area (Å²) in [5.74, 6) is -1.04. The summed E-state index contributed by atoms with van der Waals surface area (Å²) in [5, 5.41) is 10.6. The van der Waals surface area contributed by atoms with Crippen molar-refractivity contribution in [3.8, 4) is 0 Å². The van der Waals surface area contributed by atoms with E-state index >= 15 is 0 Å². The molecule has 0 saturated carbocycles. The van der Waals surface area contributed by atoms with Gasteiger partial charge in [0.1, 0.15) is 5.15 Å². The molecule has 1 aromatic heterocycles. The van der Waals surface area contributed by atoms with Crippen molar-refractivity contribution >= 4 is 46.3 Å². The van der Waals surface area contributed by atoms with Crippen molar-refractivity contribution in [2.75, 3.05) is 36.5 Å². The summed E-state index contributed by atoms with van der Waals surface area (Å²) >= 11 is 5.84. The molecule has 5 rings (SSSR count). The van der Waals surface area contributed by atoms with Crippen LogP contribution in [0.2, 0.25) is 5.15 Å². The maximum Gasteiger partial charge on any atom is 0.360 e. The first-order chi connectivity index (χ1) is 20.0. The third-order valence-electron chi connectivity index (χ3n) is 6.31. The molecular formula is C30H24ClN6O4+. The van der Waals surface area contributed by atoms with Crippen LogP contribution < -0.4 is 15.1 Å². The minimum Gasteiger partial charge on any atom is -0.378 e. The van der Waals surface area contributed by atoms with Crippen molar-refractivity contribution in [3.05, 3.63) is 119 Å². The fraction of sp³-hybridized carbons (Fsp3) is 0.133. The lowest BCUT2D eigenvalue weighted by molar-refractivity contribution is 0.0990. The lowest BCUT2D eigenvalue weighted by Gasteiger charge is -2.28. The fourth-order valence-electron chi connectivity index (χ4n) is 4.11. The Morgan fingerprint density at radius 1 is 0.829 bits per heavy atom. The number of ether oxygens (including phenoxy) is 1. The number of pyridine rings is 1. The molecule has 41 heavy (non-hydrogen) atoms. The molecule has 0 bridgehead atoms. The Kier molecular flexibility index (Phi) is 8.66. The zero-order chi connectivity index (χ0) is 28.6. The van der Waals surface area contributed by atoms with E-state index in [2.05, 4.69) is 30.3 Å². The van der Waals surface area contributed by atoms with E-state index in [0.29, 0.717) is 46.8 Å². The van der Waals surface area contributed by atoms with Gasteiger partial charge in [-0.3, -0.25) is 14.4 Å². The number of benzene rings is 3. The third-order valence-corrected chi connectivity index (χ3v) is 6.52. The largest absolute Gasteiger partial charge is 0.378 e. The number of amides is 2. The standard InChI is InChI=1S/C30H23ClN6O4/c31-27-19-23(13-14-32-27)29(39)33-24-7-1-20(2-8-24)28(38)21-3-9-25(10-4-21)34-36-35-30(40)22-5-11-26(12-6-22)37-15-17-41-18-16-37/h1-14,19H,15-18H2/p+1. The average Bonchev–Trinajstić information content (AvgIpc) is 3.02. The number of hydrogen-bond acceptors (Lipinski definition) is 7. The number of ketones is 1. The van der Waals surface area contributed by atoms with Gasteiger partial charge in [0.15, 0.2) is 16.6 Å². The highest BCUT2D eigenvalue weighted by molar-refractivity contribution is 6.29. The Bertz CT molecular complexity index is 1630. The molecule has 4 aromatic rings. The van der Waals surface area contributed by atoms with E-state index in [1.54, 1.807) is 66.7 Å².